The number of methoxy groups -OCH3 is 2. The van der Waals surface area contributed by atoms with Gasteiger partial charge in [0.1, 0.15) is 17.2 Å². The number of carbonyl (C=O) groups is 1. The van der Waals surface area contributed by atoms with Crippen molar-refractivity contribution in [3.8, 4) is 17.2 Å². The maximum Gasteiger partial charge on any atom is 0.189 e. The molecule has 1 N–H and O–H groups in total. The lowest BCUT2D eigenvalue weighted by molar-refractivity contribution is 0.104. The van der Waals surface area contributed by atoms with E-state index in [-0.39, 0.29) is 11.5 Å². The number of ether oxygens (including phenoxy) is 2. The molecular formula is C22H24O4. The van der Waals surface area contributed by atoms with E-state index < -0.39 is 0 Å². The number of phenols is 1. The Morgan fingerprint density at radius 3 is 2.31 bits per heavy atom. The normalized spacial score (nSPS) is 10.6. The van der Waals surface area contributed by atoms with Crippen molar-refractivity contribution < 1.29 is 19.4 Å². The number of carbonyl (C=O) groups excluding carboxylic acids is 1. The van der Waals surface area contributed by atoms with Gasteiger partial charge >= 0.3 is 0 Å². The van der Waals surface area contributed by atoms with Gasteiger partial charge in [0, 0.05) is 5.56 Å². The third kappa shape index (κ3) is 4.76. The molecular weight excluding hydrogens is 328 g/mol. The number of benzene rings is 2. The summed E-state index contributed by atoms with van der Waals surface area (Å²) in [5, 5.41) is 9.33. The van der Waals surface area contributed by atoms with E-state index in [1.165, 1.54) is 11.6 Å². The average molecular weight is 352 g/mol. The van der Waals surface area contributed by atoms with Crippen molar-refractivity contribution >= 4 is 11.9 Å². The summed E-state index contributed by atoms with van der Waals surface area (Å²) in [5.41, 5.74) is 3.34. The second kappa shape index (κ2) is 8.90. The minimum absolute atomic E-state index is 0.156. The lowest BCUT2D eigenvalue weighted by Gasteiger charge is -2.15. The zero-order valence-corrected chi connectivity index (χ0v) is 15.6. The molecule has 0 saturated heterocycles. The Balaban J connectivity index is 2.38. The van der Waals surface area contributed by atoms with Crippen LogP contribution in [0.5, 0.6) is 17.2 Å². The number of allylic oxidation sites excluding steroid dienone is 3. The van der Waals surface area contributed by atoms with Crippen molar-refractivity contribution in [2.24, 2.45) is 0 Å². The van der Waals surface area contributed by atoms with Crippen LogP contribution < -0.4 is 9.47 Å². The first kappa shape index (κ1) is 19.3. The van der Waals surface area contributed by atoms with E-state index in [1.54, 1.807) is 56.7 Å². The van der Waals surface area contributed by atoms with Crippen molar-refractivity contribution in [1.82, 2.24) is 0 Å². The molecule has 0 unspecified atom stereocenters. The van der Waals surface area contributed by atoms with Crippen molar-refractivity contribution in [2.75, 3.05) is 14.2 Å². The Bertz CT molecular complexity index is 826. The molecule has 2 aromatic carbocycles. The Labute approximate surface area is 154 Å². The molecule has 0 saturated carbocycles. The van der Waals surface area contributed by atoms with Gasteiger partial charge in [-0.15, -0.1) is 0 Å². The number of ketones is 1. The first-order valence-corrected chi connectivity index (χ1v) is 8.35. The Morgan fingerprint density at radius 1 is 1.04 bits per heavy atom. The molecule has 0 atom stereocenters. The monoisotopic (exact) mass is 352 g/mol. The number of aromatic hydroxyl groups is 1. The third-order valence-corrected chi connectivity index (χ3v) is 3.94. The van der Waals surface area contributed by atoms with Crippen molar-refractivity contribution in [1.29, 1.82) is 0 Å². The van der Waals surface area contributed by atoms with E-state index in [2.05, 4.69) is 6.08 Å². The zero-order chi connectivity index (χ0) is 19.1. The van der Waals surface area contributed by atoms with Crippen LogP contribution in [0.4, 0.5) is 0 Å². The fourth-order valence-electron chi connectivity index (χ4n) is 2.57. The molecule has 0 aromatic heterocycles. The summed E-state index contributed by atoms with van der Waals surface area (Å²) in [5.74, 6) is 1.26. The van der Waals surface area contributed by atoms with Crippen molar-refractivity contribution in [3.05, 3.63) is 70.8 Å². The van der Waals surface area contributed by atoms with Gasteiger partial charge in [-0.25, -0.2) is 0 Å². The van der Waals surface area contributed by atoms with E-state index in [0.717, 1.165) is 11.1 Å². The van der Waals surface area contributed by atoms with Crippen LogP contribution in [0.1, 0.15) is 35.3 Å². The molecule has 4 heteroatoms. The minimum atomic E-state index is -0.156. The van der Waals surface area contributed by atoms with E-state index in [1.807, 2.05) is 13.8 Å². The van der Waals surface area contributed by atoms with Crippen LogP contribution in [0.15, 0.2) is 54.1 Å². The highest BCUT2D eigenvalue weighted by atomic mass is 16.5. The lowest BCUT2D eigenvalue weighted by atomic mass is 10.00. The second-order valence-electron chi connectivity index (χ2n) is 6.10. The standard InChI is InChI=1S/C22H24O4/c1-15(2)5-11-19-21(25-3)14-12-18(22(19)26-4)20(24)13-8-16-6-9-17(23)10-7-16/h5-10,12-14,23H,11H2,1-4H3/b13-8+. The van der Waals surface area contributed by atoms with Crippen LogP contribution >= 0.6 is 0 Å². The molecule has 0 spiro atoms. The average Bonchev–Trinajstić information content (AvgIpc) is 2.64. The largest absolute Gasteiger partial charge is 0.508 e. The molecule has 4 nitrogen and oxygen atoms in total. The SMILES string of the molecule is COc1ccc(C(=O)/C=C/c2ccc(O)cc2)c(OC)c1CC=C(C)C. The van der Waals surface area contributed by atoms with Gasteiger partial charge in [-0.1, -0.05) is 29.9 Å². The summed E-state index contributed by atoms with van der Waals surface area (Å²) in [4.78, 5) is 12.7. The van der Waals surface area contributed by atoms with Gasteiger partial charge in [0.2, 0.25) is 0 Å². The van der Waals surface area contributed by atoms with Crippen molar-refractivity contribution in [3.63, 3.8) is 0 Å². The third-order valence-electron chi connectivity index (χ3n) is 3.94. The molecule has 26 heavy (non-hydrogen) atoms. The smallest absolute Gasteiger partial charge is 0.189 e. The van der Waals surface area contributed by atoms with Gasteiger partial charge < -0.3 is 14.6 Å². The molecule has 0 aliphatic rings. The molecule has 2 aromatic rings. The summed E-state index contributed by atoms with van der Waals surface area (Å²) in [6, 6.07) is 10.1. The fourth-order valence-corrected chi connectivity index (χ4v) is 2.57. The van der Waals surface area contributed by atoms with Gasteiger partial charge in [0.15, 0.2) is 5.78 Å². The highest BCUT2D eigenvalue weighted by Crippen LogP contribution is 2.33. The summed E-state index contributed by atoms with van der Waals surface area (Å²) in [7, 11) is 3.16. The predicted octanol–water partition coefficient (Wildman–Crippen LogP) is 4.81. The quantitative estimate of drug-likeness (QED) is 0.441. The fraction of sp³-hybridized carbons (Fsp3) is 0.227. The van der Waals surface area contributed by atoms with Gasteiger partial charge in [0.25, 0.3) is 0 Å². The summed E-state index contributed by atoms with van der Waals surface area (Å²) < 4.78 is 11.0. The molecule has 0 aliphatic heterocycles. The summed E-state index contributed by atoms with van der Waals surface area (Å²) >= 11 is 0. The molecule has 0 aliphatic carbocycles. The molecule has 0 bridgehead atoms. The van der Waals surface area contributed by atoms with Crippen LogP contribution in [0.3, 0.4) is 0 Å². The molecule has 2 rings (SSSR count). The van der Waals surface area contributed by atoms with Gasteiger partial charge in [-0.3, -0.25) is 4.79 Å². The van der Waals surface area contributed by atoms with E-state index in [9.17, 15) is 9.90 Å². The molecule has 0 radical (unpaired) electrons. The molecule has 0 fully saturated rings. The number of hydrogen-bond acceptors (Lipinski definition) is 4. The van der Waals surface area contributed by atoms with Crippen LogP contribution in [0, 0.1) is 0 Å². The van der Waals surface area contributed by atoms with E-state index >= 15 is 0 Å². The van der Waals surface area contributed by atoms with Crippen LogP contribution in [0.25, 0.3) is 6.08 Å². The summed E-state index contributed by atoms with van der Waals surface area (Å²) in [6.45, 7) is 4.04. The Kier molecular flexibility index (Phi) is 6.61. The van der Waals surface area contributed by atoms with Crippen molar-refractivity contribution in [2.45, 2.75) is 20.3 Å². The number of hydrogen-bond donors (Lipinski definition) is 1. The second-order valence-corrected chi connectivity index (χ2v) is 6.10. The van der Waals surface area contributed by atoms with Crippen LogP contribution in [-0.2, 0) is 6.42 Å². The zero-order valence-electron chi connectivity index (χ0n) is 15.6. The van der Waals surface area contributed by atoms with Crippen LogP contribution in [0.2, 0.25) is 0 Å². The molecule has 0 amide bonds. The predicted molar refractivity (Wildman–Crippen MR) is 104 cm³/mol. The van der Waals surface area contributed by atoms with Gasteiger partial charge in [-0.05, 0) is 56.2 Å². The van der Waals surface area contributed by atoms with E-state index in [4.69, 9.17) is 9.47 Å². The summed E-state index contributed by atoms with van der Waals surface area (Å²) in [6.07, 6.45) is 5.90. The first-order chi connectivity index (χ1) is 12.5. The maximum absolute atomic E-state index is 12.7. The number of phenolic OH excluding ortho intramolecular Hbond substituents is 1. The first-order valence-electron chi connectivity index (χ1n) is 8.35. The topological polar surface area (TPSA) is 55.8 Å². The Morgan fingerprint density at radius 2 is 1.73 bits per heavy atom. The minimum Gasteiger partial charge on any atom is -0.508 e. The highest BCUT2D eigenvalue weighted by molar-refractivity contribution is 6.09. The highest BCUT2D eigenvalue weighted by Gasteiger charge is 2.17. The van der Waals surface area contributed by atoms with Crippen LogP contribution in [-0.4, -0.2) is 25.1 Å². The number of rotatable bonds is 7. The van der Waals surface area contributed by atoms with Gasteiger partial charge in [0.05, 0.1) is 19.8 Å². The van der Waals surface area contributed by atoms with E-state index in [0.29, 0.717) is 23.5 Å². The molecule has 0 heterocycles. The maximum atomic E-state index is 12.7. The molecule has 136 valence electrons. The Hall–Kier alpha value is -3.01. The lowest BCUT2D eigenvalue weighted by Crippen LogP contribution is -2.04. The van der Waals surface area contributed by atoms with Gasteiger partial charge in [-0.2, -0.15) is 0 Å².